The maximum absolute atomic E-state index is 12.3. The molecule has 21 heavy (non-hydrogen) atoms. The minimum Gasteiger partial charge on any atom is -0.294 e. The molecule has 0 aliphatic carbocycles. The van der Waals surface area contributed by atoms with Gasteiger partial charge < -0.3 is 0 Å². The minimum absolute atomic E-state index is 0.0811. The largest absolute Gasteiger partial charge is 0.294 e. The molecule has 0 amide bonds. The molecule has 0 heterocycles. The lowest BCUT2D eigenvalue weighted by molar-refractivity contribution is 0.0988. The van der Waals surface area contributed by atoms with Gasteiger partial charge in [0.25, 0.3) is 10.0 Å². The van der Waals surface area contributed by atoms with Crippen molar-refractivity contribution < 1.29 is 13.2 Å². The molecule has 0 fully saturated rings. The van der Waals surface area contributed by atoms with Crippen LogP contribution in [0.1, 0.15) is 29.3 Å². The Morgan fingerprint density at radius 1 is 1.10 bits per heavy atom. The van der Waals surface area contributed by atoms with Gasteiger partial charge in [0, 0.05) is 17.7 Å². The number of Topliss-reactive ketones (excluding diaryl/α,β-unsaturated/α-hetero) is 1. The van der Waals surface area contributed by atoms with Gasteiger partial charge in [-0.25, -0.2) is 8.42 Å². The molecule has 0 saturated carbocycles. The summed E-state index contributed by atoms with van der Waals surface area (Å²) in [6.45, 7) is 3.67. The van der Waals surface area contributed by atoms with E-state index in [2.05, 4.69) is 4.72 Å². The second kappa shape index (κ2) is 6.10. The predicted molar refractivity (Wildman–Crippen MR) is 83.1 cm³/mol. The van der Waals surface area contributed by atoms with Crippen molar-refractivity contribution in [3.63, 3.8) is 0 Å². The molecule has 4 nitrogen and oxygen atoms in total. The fraction of sp³-hybridized carbons (Fsp3) is 0.188. The first-order valence-electron chi connectivity index (χ1n) is 6.65. The fourth-order valence-electron chi connectivity index (χ4n) is 1.88. The van der Waals surface area contributed by atoms with Gasteiger partial charge in [-0.2, -0.15) is 0 Å². The molecule has 2 aromatic rings. The highest BCUT2D eigenvalue weighted by Gasteiger charge is 2.15. The summed E-state index contributed by atoms with van der Waals surface area (Å²) >= 11 is 0. The summed E-state index contributed by atoms with van der Waals surface area (Å²) in [5.74, 6) is -0.0811. The Morgan fingerprint density at radius 2 is 1.76 bits per heavy atom. The topological polar surface area (TPSA) is 63.2 Å². The van der Waals surface area contributed by atoms with Crippen LogP contribution >= 0.6 is 0 Å². The molecule has 0 aliphatic rings. The molecule has 5 heteroatoms. The van der Waals surface area contributed by atoms with Gasteiger partial charge in [-0.15, -0.1) is 0 Å². The van der Waals surface area contributed by atoms with Crippen molar-refractivity contribution in [2.75, 3.05) is 4.72 Å². The van der Waals surface area contributed by atoms with Crippen molar-refractivity contribution in [3.8, 4) is 0 Å². The first-order chi connectivity index (χ1) is 9.92. The quantitative estimate of drug-likeness (QED) is 0.861. The lowest BCUT2D eigenvalue weighted by Gasteiger charge is -2.09. The summed E-state index contributed by atoms with van der Waals surface area (Å²) in [4.78, 5) is 11.8. The van der Waals surface area contributed by atoms with E-state index in [4.69, 9.17) is 0 Å². The molecule has 2 rings (SSSR count). The number of anilines is 1. The lowest BCUT2D eigenvalue weighted by Crippen LogP contribution is -2.13. The molecule has 0 spiro atoms. The van der Waals surface area contributed by atoms with Gasteiger partial charge in [0.1, 0.15) is 0 Å². The number of hydrogen-bond donors (Lipinski definition) is 1. The standard InChI is InChI=1S/C16H17NO3S/c1-3-16(18)13-5-4-6-15(11-13)21(19,20)17-14-9-7-12(2)8-10-14/h4-11,17H,3H2,1-2H3. The number of nitrogens with one attached hydrogen (secondary N) is 1. The van der Waals surface area contributed by atoms with Crippen LogP contribution in [-0.4, -0.2) is 14.2 Å². The van der Waals surface area contributed by atoms with Crippen molar-refractivity contribution >= 4 is 21.5 Å². The average molecular weight is 303 g/mol. The Balaban J connectivity index is 2.31. The highest BCUT2D eigenvalue weighted by atomic mass is 32.2. The van der Waals surface area contributed by atoms with Gasteiger partial charge in [0.15, 0.2) is 5.78 Å². The van der Waals surface area contributed by atoms with E-state index in [1.54, 1.807) is 31.2 Å². The number of sulfonamides is 1. The number of ketones is 1. The molecule has 1 N–H and O–H groups in total. The molecule has 2 aromatic carbocycles. The molecule has 0 radical (unpaired) electrons. The summed E-state index contributed by atoms with van der Waals surface area (Å²) in [6, 6.07) is 13.1. The molecule has 0 unspecified atom stereocenters. The molecule has 0 atom stereocenters. The zero-order valence-corrected chi connectivity index (χ0v) is 12.8. The van der Waals surface area contributed by atoms with E-state index in [1.807, 2.05) is 19.1 Å². The van der Waals surface area contributed by atoms with Gasteiger partial charge in [-0.05, 0) is 31.2 Å². The van der Waals surface area contributed by atoms with E-state index in [1.165, 1.54) is 12.1 Å². The smallest absolute Gasteiger partial charge is 0.261 e. The van der Waals surface area contributed by atoms with E-state index in [-0.39, 0.29) is 10.7 Å². The Morgan fingerprint density at radius 3 is 2.38 bits per heavy atom. The molecular weight excluding hydrogens is 286 g/mol. The summed E-state index contributed by atoms with van der Waals surface area (Å²) < 4.78 is 27.2. The maximum Gasteiger partial charge on any atom is 0.261 e. The van der Waals surface area contributed by atoms with Crippen LogP contribution in [0.15, 0.2) is 53.4 Å². The van der Waals surface area contributed by atoms with Gasteiger partial charge in [-0.3, -0.25) is 9.52 Å². The first-order valence-corrected chi connectivity index (χ1v) is 8.13. The van der Waals surface area contributed by atoms with Crippen molar-refractivity contribution in [1.82, 2.24) is 0 Å². The number of carbonyl (C=O) groups is 1. The Bertz CT molecular complexity index is 749. The summed E-state index contributed by atoms with van der Waals surface area (Å²) in [6.07, 6.45) is 0.342. The van der Waals surface area contributed by atoms with Crippen molar-refractivity contribution in [2.45, 2.75) is 25.2 Å². The molecule has 0 bridgehead atoms. The summed E-state index contributed by atoms with van der Waals surface area (Å²) in [7, 11) is -3.69. The van der Waals surface area contributed by atoms with Gasteiger partial charge in [0.05, 0.1) is 4.90 Å². The van der Waals surface area contributed by atoms with Crippen LogP contribution in [0.3, 0.4) is 0 Å². The molecule has 110 valence electrons. The SMILES string of the molecule is CCC(=O)c1cccc(S(=O)(=O)Nc2ccc(C)cc2)c1. The van der Waals surface area contributed by atoms with Crippen LogP contribution in [0, 0.1) is 6.92 Å². The van der Waals surface area contributed by atoms with Gasteiger partial charge in [-0.1, -0.05) is 36.8 Å². The van der Waals surface area contributed by atoms with Crippen LogP contribution in [-0.2, 0) is 10.0 Å². The van der Waals surface area contributed by atoms with Crippen LogP contribution in [0.4, 0.5) is 5.69 Å². The monoisotopic (exact) mass is 303 g/mol. The van der Waals surface area contributed by atoms with Gasteiger partial charge >= 0.3 is 0 Å². The molecular formula is C16H17NO3S. The molecule has 0 aliphatic heterocycles. The highest BCUT2D eigenvalue weighted by Crippen LogP contribution is 2.18. The van der Waals surface area contributed by atoms with Gasteiger partial charge in [0.2, 0.25) is 0 Å². The second-order valence-corrected chi connectivity index (χ2v) is 6.46. The van der Waals surface area contributed by atoms with E-state index >= 15 is 0 Å². The zero-order valence-electron chi connectivity index (χ0n) is 12.0. The summed E-state index contributed by atoms with van der Waals surface area (Å²) in [5, 5.41) is 0. The number of aryl methyl sites for hydroxylation is 1. The van der Waals surface area contributed by atoms with Crippen molar-refractivity contribution in [2.24, 2.45) is 0 Å². The maximum atomic E-state index is 12.3. The molecule has 0 saturated heterocycles. The molecule has 0 aromatic heterocycles. The third-order valence-electron chi connectivity index (χ3n) is 3.09. The summed E-state index contributed by atoms with van der Waals surface area (Å²) in [5.41, 5.74) is 1.95. The van der Waals surface area contributed by atoms with Crippen LogP contribution in [0.2, 0.25) is 0 Å². The third-order valence-corrected chi connectivity index (χ3v) is 4.47. The number of benzene rings is 2. The van der Waals surface area contributed by atoms with Crippen molar-refractivity contribution in [3.05, 3.63) is 59.7 Å². The Labute approximate surface area is 124 Å². The Hall–Kier alpha value is -2.14. The normalized spacial score (nSPS) is 11.1. The third kappa shape index (κ3) is 3.70. The van der Waals surface area contributed by atoms with Crippen LogP contribution in [0.5, 0.6) is 0 Å². The number of carbonyl (C=O) groups excluding carboxylic acids is 1. The van der Waals surface area contributed by atoms with Crippen molar-refractivity contribution in [1.29, 1.82) is 0 Å². The van der Waals surface area contributed by atoms with E-state index < -0.39 is 10.0 Å². The minimum atomic E-state index is -3.69. The van der Waals surface area contributed by atoms with Crippen LogP contribution in [0.25, 0.3) is 0 Å². The zero-order chi connectivity index (χ0) is 15.5. The number of hydrogen-bond acceptors (Lipinski definition) is 3. The average Bonchev–Trinajstić information content (AvgIpc) is 2.49. The second-order valence-electron chi connectivity index (χ2n) is 4.78. The fourth-order valence-corrected chi connectivity index (χ4v) is 2.98. The highest BCUT2D eigenvalue weighted by molar-refractivity contribution is 7.92. The lowest BCUT2D eigenvalue weighted by atomic mass is 10.1. The van der Waals surface area contributed by atoms with E-state index in [9.17, 15) is 13.2 Å². The Kier molecular flexibility index (Phi) is 4.43. The number of rotatable bonds is 5. The van der Waals surface area contributed by atoms with E-state index in [0.717, 1.165) is 5.56 Å². The van der Waals surface area contributed by atoms with Crippen LogP contribution < -0.4 is 4.72 Å². The van der Waals surface area contributed by atoms with E-state index in [0.29, 0.717) is 17.7 Å². The predicted octanol–water partition coefficient (Wildman–Crippen LogP) is 3.39. The first kappa shape index (κ1) is 15.3.